The van der Waals surface area contributed by atoms with E-state index in [-0.39, 0.29) is 18.9 Å². The second kappa shape index (κ2) is 13.7. The fraction of sp³-hybridized carbons (Fsp3) is 0.360. The minimum Gasteiger partial charge on any atom is -0.480 e. The summed E-state index contributed by atoms with van der Waals surface area (Å²) in [6, 6.07) is 12.5. The molecule has 0 aliphatic carbocycles. The molecule has 2 rings (SSSR count). The lowest BCUT2D eigenvalue weighted by Crippen LogP contribution is -2.47. The summed E-state index contributed by atoms with van der Waals surface area (Å²) < 4.78 is 16.9. The number of carbonyl (C=O) groups is 4. The zero-order valence-electron chi connectivity index (χ0n) is 20.3. The molecule has 0 saturated heterocycles. The monoisotopic (exact) mass is 485 g/mol. The van der Waals surface area contributed by atoms with Gasteiger partial charge in [-0.1, -0.05) is 0 Å². The summed E-state index contributed by atoms with van der Waals surface area (Å²) in [6.07, 6.45) is -0.818. The Bertz CT molecular complexity index is 1010. The number of ether oxygens (including phenoxy) is 3. The van der Waals surface area contributed by atoms with Crippen LogP contribution in [0.5, 0.6) is 17.2 Å². The van der Waals surface area contributed by atoms with Crippen molar-refractivity contribution in [3.8, 4) is 17.2 Å². The number of nitrogens with one attached hydrogen (secondary N) is 2. The average Bonchev–Trinajstić information content (AvgIpc) is 2.83. The molecule has 5 amide bonds. The second-order valence-corrected chi connectivity index (χ2v) is 7.51. The first-order valence-corrected chi connectivity index (χ1v) is 11.2. The standard InChI is InChI=1S/C25H31N3O7/c1-5-28(4)24(31)18-7-9-19(10-8-18)34-20-11-13-21(14-12-20)35-22(15-16-33-6-2)23(30)27-25(32)26-17(3)29/h7-14,22H,5-6,15-16H2,1-4H3,(H2,26,27,29,30,32). The van der Waals surface area contributed by atoms with E-state index in [1.807, 2.05) is 19.2 Å². The molecule has 0 radical (unpaired) electrons. The molecule has 0 aromatic heterocycles. The summed E-state index contributed by atoms with van der Waals surface area (Å²) in [4.78, 5) is 49.0. The highest BCUT2D eigenvalue weighted by atomic mass is 16.5. The minimum absolute atomic E-state index is 0.0674. The Morgan fingerprint density at radius 1 is 0.886 bits per heavy atom. The lowest BCUT2D eigenvalue weighted by molar-refractivity contribution is -0.127. The first-order valence-electron chi connectivity index (χ1n) is 11.2. The van der Waals surface area contributed by atoms with Crippen molar-refractivity contribution in [3.05, 3.63) is 54.1 Å². The lowest BCUT2D eigenvalue weighted by atomic mass is 10.2. The van der Waals surface area contributed by atoms with Crippen molar-refractivity contribution in [2.45, 2.75) is 33.3 Å². The van der Waals surface area contributed by atoms with E-state index in [9.17, 15) is 19.2 Å². The third kappa shape index (κ3) is 9.09. The Morgan fingerprint density at radius 2 is 1.46 bits per heavy atom. The van der Waals surface area contributed by atoms with Crippen LogP contribution in [0, 0.1) is 0 Å². The molecule has 0 heterocycles. The van der Waals surface area contributed by atoms with E-state index in [2.05, 4.69) is 5.32 Å². The van der Waals surface area contributed by atoms with E-state index in [1.54, 1.807) is 60.5 Å². The summed E-state index contributed by atoms with van der Waals surface area (Å²) in [5, 5.41) is 4.06. The van der Waals surface area contributed by atoms with Gasteiger partial charge in [-0.05, 0) is 62.4 Å². The number of carbonyl (C=O) groups excluding carboxylic acids is 4. The summed E-state index contributed by atoms with van der Waals surface area (Å²) >= 11 is 0. The van der Waals surface area contributed by atoms with Crippen LogP contribution in [0.3, 0.4) is 0 Å². The first kappa shape index (κ1) is 27.3. The van der Waals surface area contributed by atoms with Gasteiger partial charge in [0, 0.05) is 39.1 Å². The maximum absolute atomic E-state index is 12.5. The molecule has 2 aromatic rings. The predicted molar refractivity (Wildman–Crippen MR) is 128 cm³/mol. The van der Waals surface area contributed by atoms with E-state index >= 15 is 0 Å². The highest BCUT2D eigenvalue weighted by molar-refractivity contribution is 6.02. The van der Waals surface area contributed by atoms with Crippen molar-refractivity contribution in [3.63, 3.8) is 0 Å². The molecule has 0 aliphatic rings. The zero-order valence-corrected chi connectivity index (χ0v) is 20.3. The Balaban J connectivity index is 2.01. The topological polar surface area (TPSA) is 123 Å². The number of nitrogens with zero attached hydrogens (tertiary/aromatic N) is 1. The third-order valence-electron chi connectivity index (χ3n) is 4.81. The van der Waals surface area contributed by atoms with Crippen molar-refractivity contribution in [2.24, 2.45) is 0 Å². The van der Waals surface area contributed by atoms with Gasteiger partial charge in [-0.15, -0.1) is 0 Å². The Labute approximate surface area is 204 Å². The number of benzene rings is 2. The van der Waals surface area contributed by atoms with Crippen molar-refractivity contribution in [2.75, 3.05) is 26.8 Å². The molecule has 0 aliphatic heterocycles. The van der Waals surface area contributed by atoms with Crippen LogP contribution in [0.1, 0.15) is 37.6 Å². The molecule has 2 aromatic carbocycles. The van der Waals surface area contributed by atoms with Gasteiger partial charge in [-0.25, -0.2) is 4.79 Å². The van der Waals surface area contributed by atoms with Gasteiger partial charge < -0.3 is 19.1 Å². The number of amides is 5. The van der Waals surface area contributed by atoms with Crippen LogP contribution in [-0.2, 0) is 14.3 Å². The molecule has 188 valence electrons. The van der Waals surface area contributed by atoms with Crippen molar-refractivity contribution in [1.29, 1.82) is 0 Å². The van der Waals surface area contributed by atoms with Gasteiger partial charge in [0.15, 0.2) is 6.10 Å². The average molecular weight is 486 g/mol. The van der Waals surface area contributed by atoms with Crippen molar-refractivity contribution in [1.82, 2.24) is 15.5 Å². The fourth-order valence-electron chi connectivity index (χ4n) is 2.88. The van der Waals surface area contributed by atoms with Crippen LogP contribution < -0.4 is 20.1 Å². The molecule has 10 nitrogen and oxygen atoms in total. The molecule has 2 N–H and O–H groups in total. The minimum atomic E-state index is -1.02. The van der Waals surface area contributed by atoms with Gasteiger partial charge in [0.05, 0.1) is 6.61 Å². The first-order chi connectivity index (χ1) is 16.7. The number of imide groups is 2. The van der Waals surface area contributed by atoms with E-state index in [4.69, 9.17) is 14.2 Å². The zero-order chi connectivity index (χ0) is 25.8. The largest absolute Gasteiger partial charge is 0.480 e. The molecule has 10 heteroatoms. The SMILES string of the molecule is CCOCCC(Oc1ccc(Oc2ccc(C(=O)N(C)CC)cc2)cc1)C(=O)NC(=O)NC(C)=O. The molecule has 0 fully saturated rings. The summed E-state index contributed by atoms with van der Waals surface area (Å²) in [6.45, 7) is 6.22. The van der Waals surface area contributed by atoms with Gasteiger partial charge in [-0.3, -0.25) is 25.0 Å². The highest BCUT2D eigenvalue weighted by Gasteiger charge is 2.23. The molecule has 35 heavy (non-hydrogen) atoms. The summed E-state index contributed by atoms with van der Waals surface area (Å²) in [5.41, 5.74) is 0.568. The summed E-state index contributed by atoms with van der Waals surface area (Å²) in [5.74, 6) is 0.101. The van der Waals surface area contributed by atoms with E-state index < -0.39 is 23.9 Å². The Hall–Kier alpha value is -3.92. The number of rotatable bonds is 11. The number of hydrogen-bond donors (Lipinski definition) is 2. The second-order valence-electron chi connectivity index (χ2n) is 7.51. The maximum atomic E-state index is 12.5. The van der Waals surface area contributed by atoms with Crippen LogP contribution in [0.4, 0.5) is 4.79 Å². The van der Waals surface area contributed by atoms with Gasteiger partial charge in [0.1, 0.15) is 17.2 Å². The van der Waals surface area contributed by atoms with Crippen LogP contribution in [0.25, 0.3) is 0 Å². The van der Waals surface area contributed by atoms with Crippen molar-refractivity contribution >= 4 is 23.8 Å². The van der Waals surface area contributed by atoms with Crippen molar-refractivity contribution < 1.29 is 33.4 Å². The highest BCUT2D eigenvalue weighted by Crippen LogP contribution is 2.25. The molecule has 0 saturated carbocycles. The van der Waals surface area contributed by atoms with Crippen LogP contribution in [0.2, 0.25) is 0 Å². The maximum Gasteiger partial charge on any atom is 0.328 e. The molecule has 1 atom stereocenters. The van der Waals surface area contributed by atoms with E-state index in [0.29, 0.717) is 36.0 Å². The van der Waals surface area contributed by atoms with Gasteiger partial charge in [0.2, 0.25) is 5.91 Å². The smallest absolute Gasteiger partial charge is 0.328 e. The molecule has 0 spiro atoms. The van der Waals surface area contributed by atoms with Gasteiger partial charge in [-0.2, -0.15) is 0 Å². The number of hydrogen-bond acceptors (Lipinski definition) is 7. The third-order valence-corrected chi connectivity index (χ3v) is 4.81. The Morgan fingerprint density at radius 3 is 2.00 bits per heavy atom. The van der Waals surface area contributed by atoms with Gasteiger partial charge >= 0.3 is 6.03 Å². The van der Waals surface area contributed by atoms with Crippen LogP contribution in [0.15, 0.2) is 48.5 Å². The number of urea groups is 1. The predicted octanol–water partition coefficient (Wildman–Crippen LogP) is 3.12. The van der Waals surface area contributed by atoms with Crippen LogP contribution >= 0.6 is 0 Å². The Kier molecular flexibility index (Phi) is 10.7. The molecule has 0 bridgehead atoms. The lowest BCUT2D eigenvalue weighted by Gasteiger charge is -2.18. The summed E-state index contributed by atoms with van der Waals surface area (Å²) in [7, 11) is 1.74. The molecular weight excluding hydrogens is 454 g/mol. The normalized spacial score (nSPS) is 11.2. The van der Waals surface area contributed by atoms with E-state index in [1.165, 1.54) is 0 Å². The van der Waals surface area contributed by atoms with Crippen LogP contribution in [-0.4, -0.2) is 61.6 Å². The molecule has 1 unspecified atom stereocenters. The quantitative estimate of drug-likeness (QED) is 0.469. The van der Waals surface area contributed by atoms with E-state index in [0.717, 1.165) is 6.92 Å². The fourth-order valence-corrected chi connectivity index (χ4v) is 2.88. The molecular formula is C25H31N3O7. The van der Waals surface area contributed by atoms with Gasteiger partial charge in [0.25, 0.3) is 11.8 Å².